The SMILES string of the molecule is Fc1cnc(N2CCC[C@H](Cn3ccnc3)C2)nc1N1CCOCC1. The van der Waals surface area contributed by atoms with Crippen molar-refractivity contribution in [2.24, 2.45) is 5.92 Å². The smallest absolute Gasteiger partial charge is 0.227 e. The van der Waals surface area contributed by atoms with Gasteiger partial charge in [0.15, 0.2) is 11.6 Å². The summed E-state index contributed by atoms with van der Waals surface area (Å²) in [5.41, 5.74) is 0. The second-order valence-electron chi connectivity index (χ2n) is 6.65. The highest BCUT2D eigenvalue weighted by Crippen LogP contribution is 2.25. The van der Waals surface area contributed by atoms with E-state index in [0.717, 1.165) is 26.1 Å². The highest BCUT2D eigenvalue weighted by Gasteiger charge is 2.24. The highest BCUT2D eigenvalue weighted by atomic mass is 19.1. The van der Waals surface area contributed by atoms with Crippen LogP contribution >= 0.6 is 0 Å². The van der Waals surface area contributed by atoms with Crippen molar-refractivity contribution in [3.05, 3.63) is 30.7 Å². The van der Waals surface area contributed by atoms with E-state index in [9.17, 15) is 4.39 Å². The summed E-state index contributed by atoms with van der Waals surface area (Å²) in [5.74, 6) is 1.17. The molecule has 0 radical (unpaired) electrons. The first kappa shape index (κ1) is 16.3. The number of halogens is 1. The van der Waals surface area contributed by atoms with Crippen molar-refractivity contribution in [2.75, 3.05) is 49.2 Å². The summed E-state index contributed by atoms with van der Waals surface area (Å²) in [6.45, 7) is 5.27. The number of morpholine rings is 1. The Bertz CT molecular complexity index is 688. The molecule has 1 atom stereocenters. The molecule has 25 heavy (non-hydrogen) atoms. The number of anilines is 2. The molecule has 0 bridgehead atoms. The fourth-order valence-corrected chi connectivity index (χ4v) is 3.59. The summed E-state index contributed by atoms with van der Waals surface area (Å²) in [7, 11) is 0. The van der Waals surface area contributed by atoms with Gasteiger partial charge >= 0.3 is 0 Å². The fourth-order valence-electron chi connectivity index (χ4n) is 3.59. The summed E-state index contributed by atoms with van der Waals surface area (Å²) in [4.78, 5) is 17.0. The lowest BCUT2D eigenvalue weighted by atomic mass is 9.98. The molecule has 134 valence electrons. The third-order valence-corrected chi connectivity index (χ3v) is 4.85. The van der Waals surface area contributed by atoms with Crippen molar-refractivity contribution in [3.8, 4) is 0 Å². The molecule has 2 aliphatic heterocycles. The zero-order chi connectivity index (χ0) is 17.1. The molecule has 2 fully saturated rings. The van der Waals surface area contributed by atoms with Crippen molar-refractivity contribution < 1.29 is 9.13 Å². The van der Waals surface area contributed by atoms with Crippen LogP contribution in [0, 0.1) is 11.7 Å². The van der Waals surface area contributed by atoms with Gasteiger partial charge in [-0.25, -0.2) is 14.4 Å². The Morgan fingerprint density at radius 2 is 2.08 bits per heavy atom. The minimum atomic E-state index is -0.363. The first-order valence-corrected chi connectivity index (χ1v) is 8.85. The molecule has 8 heteroatoms. The van der Waals surface area contributed by atoms with Crippen LogP contribution in [0.5, 0.6) is 0 Å². The zero-order valence-electron chi connectivity index (χ0n) is 14.2. The number of imidazole rings is 1. The summed E-state index contributed by atoms with van der Waals surface area (Å²) in [5, 5.41) is 0. The standard InChI is InChI=1S/C17H23FN6O/c18-15-10-20-17(21-16(15)23-6-8-25-9-7-23)24-4-1-2-14(12-24)11-22-5-3-19-13-22/h3,5,10,13-14H,1-2,4,6-9,11-12H2/t14-/m1/s1. The summed E-state index contributed by atoms with van der Waals surface area (Å²) < 4.78 is 21.7. The second-order valence-corrected chi connectivity index (χ2v) is 6.65. The maximum absolute atomic E-state index is 14.2. The van der Waals surface area contributed by atoms with Gasteiger partial charge < -0.3 is 19.1 Å². The fraction of sp³-hybridized carbons (Fsp3) is 0.588. The van der Waals surface area contributed by atoms with Crippen LogP contribution in [0.4, 0.5) is 16.2 Å². The van der Waals surface area contributed by atoms with E-state index in [2.05, 4.69) is 24.4 Å². The van der Waals surface area contributed by atoms with Gasteiger partial charge in [0.1, 0.15) is 0 Å². The largest absolute Gasteiger partial charge is 0.378 e. The lowest BCUT2D eigenvalue weighted by molar-refractivity contribution is 0.122. The lowest BCUT2D eigenvalue weighted by Gasteiger charge is -2.34. The van der Waals surface area contributed by atoms with Gasteiger partial charge in [0.25, 0.3) is 0 Å². The zero-order valence-corrected chi connectivity index (χ0v) is 14.2. The van der Waals surface area contributed by atoms with Crippen molar-refractivity contribution in [3.63, 3.8) is 0 Å². The molecule has 4 heterocycles. The van der Waals surface area contributed by atoms with E-state index >= 15 is 0 Å². The molecule has 0 amide bonds. The Hall–Kier alpha value is -2.22. The van der Waals surface area contributed by atoms with Gasteiger partial charge in [-0.3, -0.25) is 0 Å². The Morgan fingerprint density at radius 1 is 1.20 bits per heavy atom. The molecule has 0 spiro atoms. The summed E-state index contributed by atoms with van der Waals surface area (Å²) in [6, 6.07) is 0. The molecule has 4 rings (SSSR count). The van der Waals surface area contributed by atoms with Crippen molar-refractivity contribution >= 4 is 11.8 Å². The topological polar surface area (TPSA) is 59.3 Å². The molecule has 0 unspecified atom stereocenters. The predicted octanol–water partition coefficient (Wildman–Crippen LogP) is 1.57. The lowest BCUT2D eigenvalue weighted by Crippen LogP contribution is -2.40. The molecule has 0 aromatic carbocycles. The molecule has 2 aromatic rings. The van der Waals surface area contributed by atoms with Crippen molar-refractivity contribution in [1.29, 1.82) is 0 Å². The molecular formula is C17H23FN6O. The Labute approximate surface area is 146 Å². The van der Waals surface area contributed by atoms with Gasteiger partial charge in [-0.1, -0.05) is 0 Å². The average molecular weight is 346 g/mol. The number of hydrogen-bond acceptors (Lipinski definition) is 6. The average Bonchev–Trinajstić information content (AvgIpc) is 3.16. The van der Waals surface area contributed by atoms with Gasteiger partial charge in [0, 0.05) is 45.1 Å². The van der Waals surface area contributed by atoms with E-state index in [1.165, 1.54) is 12.6 Å². The molecule has 0 saturated carbocycles. The number of ether oxygens (including phenoxy) is 1. The highest BCUT2D eigenvalue weighted by molar-refractivity contribution is 5.45. The number of nitrogens with zero attached hydrogens (tertiary/aromatic N) is 6. The molecule has 0 aliphatic carbocycles. The summed E-state index contributed by atoms with van der Waals surface area (Å²) >= 11 is 0. The number of rotatable bonds is 4. The molecule has 2 saturated heterocycles. The van der Waals surface area contributed by atoms with E-state index in [-0.39, 0.29) is 5.82 Å². The van der Waals surface area contributed by atoms with Crippen molar-refractivity contribution in [1.82, 2.24) is 19.5 Å². The predicted molar refractivity (Wildman–Crippen MR) is 92.2 cm³/mol. The Balaban J connectivity index is 1.48. The first-order valence-electron chi connectivity index (χ1n) is 8.85. The van der Waals surface area contributed by atoms with Gasteiger partial charge in [-0.2, -0.15) is 4.98 Å². The van der Waals surface area contributed by atoms with Crippen LogP contribution < -0.4 is 9.80 Å². The van der Waals surface area contributed by atoms with E-state index in [0.29, 0.717) is 44.0 Å². The van der Waals surface area contributed by atoms with Crippen LogP contribution in [-0.2, 0) is 11.3 Å². The van der Waals surface area contributed by atoms with Crippen molar-refractivity contribution in [2.45, 2.75) is 19.4 Å². The van der Waals surface area contributed by atoms with Crippen LogP contribution in [0.25, 0.3) is 0 Å². The van der Waals surface area contributed by atoms with Crippen LogP contribution in [0.15, 0.2) is 24.9 Å². The number of aromatic nitrogens is 4. The van der Waals surface area contributed by atoms with Crippen LogP contribution in [-0.4, -0.2) is 58.9 Å². The van der Waals surface area contributed by atoms with Gasteiger partial charge in [-0.05, 0) is 18.8 Å². The monoisotopic (exact) mass is 346 g/mol. The molecule has 7 nitrogen and oxygen atoms in total. The van der Waals surface area contributed by atoms with Gasteiger partial charge in [0.2, 0.25) is 5.95 Å². The van der Waals surface area contributed by atoms with E-state index in [4.69, 9.17) is 4.74 Å². The normalized spacial score (nSPS) is 21.6. The van der Waals surface area contributed by atoms with Gasteiger partial charge in [0.05, 0.1) is 25.7 Å². The van der Waals surface area contributed by atoms with E-state index in [1.807, 2.05) is 17.4 Å². The maximum Gasteiger partial charge on any atom is 0.227 e. The molecule has 2 aliphatic rings. The number of piperidine rings is 1. The van der Waals surface area contributed by atoms with Crippen LogP contribution in [0.1, 0.15) is 12.8 Å². The minimum Gasteiger partial charge on any atom is -0.378 e. The quantitative estimate of drug-likeness (QED) is 0.837. The molecule has 0 N–H and O–H groups in total. The van der Waals surface area contributed by atoms with E-state index < -0.39 is 0 Å². The summed E-state index contributed by atoms with van der Waals surface area (Å²) in [6.07, 6.45) is 9.21. The van der Waals surface area contributed by atoms with Crippen LogP contribution in [0.3, 0.4) is 0 Å². The molecule has 2 aromatic heterocycles. The molecular weight excluding hydrogens is 323 g/mol. The van der Waals surface area contributed by atoms with E-state index in [1.54, 1.807) is 6.20 Å². The maximum atomic E-state index is 14.2. The Kier molecular flexibility index (Phi) is 4.78. The third kappa shape index (κ3) is 3.73. The second kappa shape index (κ2) is 7.35. The van der Waals surface area contributed by atoms with Gasteiger partial charge in [-0.15, -0.1) is 0 Å². The third-order valence-electron chi connectivity index (χ3n) is 4.85. The van der Waals surface area contributed by atoms with Crippen LogP contribution in [0.2, 0.25) is 0 Å². The Morgan fingerprint density at radius 3 is 2.88 bits per heavy atom. The number of hydrogen-bond donors (Lipinski definition) is 0. The minimum absolute atomic E-state index is 0.363. The first-order chi connectivity index (χ1) is 12.3.